The maximum Gasteiger partial charge on any atom is 0.221 e. The van der Waals surface area contributed by atoms with Crippen molar-refractivity contribution >= 4 is 17.4 Å². The molecule has 16 heavy (non-hydrogen) atoms. The average Bonchev–Trinajstić information content (AvgIpc) is 2.41. The molecule has 0 aliphatic heterocycles. The highest BCUT2D eigenvalue weighted by Gasteiger charge is 2.19. The molecule has 3 nitrogen and oxygen atoms in total. The van der Waals surface area contributed by atoms with Crippen LogP contribution in [0.25, 0.3) is 0 Å². The van der Waals surface area contributed by atoms with Crippen LogP contribution < -0.4 is 5.32 Å². The minimum atomic E-state index is -0.134. The van der Waals surface area contributed by atoms with Gasteiger partial charge in [0, 0.05) is 18.9 Å². The number of hydrogen-bond acceptors (Lipinski definition) is 2. The number of hydrogen-bond donors (Lipinski definition) is 1. The molecular formula is C13H15NO2. The quantitative estimate of drug-likeness (QED) is 0.735. The number of benzene rings is 1. The van der Waals surface area contributed by atoms with Crippen molar-refractivity contribution in [2.24, 2.45) is 0 Å². The van der Waals surface area contributed by atoms with Gasteiger partial charge >= 0.3 is 0 Å². The van der Waals surface area contributed by atoms with E-state index in [4.69, 9.17) is 0 Å². The maximum absolute atomic E-state index is 12.0. The summed E-state index contributed by atoms with van der Waals surface area (Å²) in [5.41, 5.74) is 2.45. The van der Waals surface area contributed by atoms with E-state index in [9.17, 15) is 9.59 Å². The van der Waals surface area contributed by atoms with Crippen molar-refractivity contribution in [1.82, 2.24) is 0 Å². The minimum Gasteiger partial charge on any atom is -0.326 e. The number of Topliss-reactive ketones (excluding diaryl/α,β-unsaturated/α-hetero) is 1. The van der Waals surface area contributed by atoms with E-state index in [1.807, 2.05) is 12.1 Å². The van der Waals surface area contributed by atoms with Crippen molar-refractivity contribution in [3.63, 3.8) is 0 Å². The lowest BCUT2D eigenvalue weighted by atomic mass is 10.00. The third kappa shape index (κ3) is 2.13. The second-order valence-corrected chi connectivity index (χ2v) is 4.15. The topological polar surface area (TPSA) is 46.2 Å². The highest BCUT2D eigenvalue weighted by molar-refractivity contribution is 6.05. The largest absolute Gasteiger partial charge is 0.326 e. The fourth-order valence-electron chi connectivity index (χ4n) is 2.16. The molecule has 0 saturated heterocycles. The van der Waals surface area contributed by atoms with Crippen molar-refractivity contribution < 1.29 is 9.59 Å². The van der Waals surface area contributed by atoms with Gasteiger partial charge in [0.2, 0.25) is 5.91 Å². The van der Waals surface area contributed by atoms with Gasteiger partial charge in [0.1, 0.15) is 0 Å². The third-order valence-electron chi connectivity index (χ3n) is 2.84. The fourth-order valence-corrected chi connectivity index (χ4v) is 2.16. The number of carbonyl (C=O) groups is 2. The Morgan fingerprint density at radius 3 is 2.75 bits per heavy atom. The Labute approximate surface area is 94.9 Å². The summed E-state index contributed by atoms with van der Waals surface area (Å²) in [7, 11) is 0. The maximum atomic E-state index is 12.0. The first-order valence-electron chi connectivity index (χ1n) is 5.61. The summed E-state index contributed by atoms with van der Waals surface area (Å²) in [5.74, 6) is 0.0160. The highest BCUT2D eigenvalue weighted by Crippen LogP contribution is 2.27. The van der Waals surface area contributed by atoms with Gasteiger partial charge in [-0.2, -0.15) is 0 Å². The first kappa shape index (κ1) is 10.9. The minimum absolute atomic E-state index is 0.134. The molecule has 2 rings (SSSR count). The zero-order chi connectivity index (χ0) is 11.5. The van der Waals surface area contributed by atoms with Gasteiger partial charge in [0.25, 0.3) is 0 Å². The molecule has 0 radical (unpaired) electrons. The molecule has 1 aliphatic carbocycles. The van der Waals surface area contributed by atoms with Crippen LogP contribution in [0, 0.1) is 0 Å². The lowest BCUT2D eigenvalue weighted by Gasteiger charge is -2.11. The Bertz CT molecular complexity index is 438. The Hall–Kier alpha value is -1.64. The van der Waals surface area contributed by atoms with Gasteiger partial charge < -0.3 is 5.32 Å². The second-order valence-electron chi connectivity index (χ2n) is 4.15. The zero-order valence-electron chi connectivity index (χ0n) is 9.38. The van der Waals surface area contributed by atoms with Crippen LogP contribution in [0.2, 0.25) is 0 Å². The number of aryl methyl sites for hydroxylation is 1. The lowest BCUT2D eigenvalue weighted by molar-refractivity contribution is -0.114. The molecule has 0 bridgehead atoms. The number of nitrogens with one attached hydrogen (secondary N) is 1. The van der Waals surface area contributed by atoms with E-state index in [2.05, 4.69) is 5.32 Å². The Kier molecular flexibility index (Phi) is 3.04. The summed E-state index contributed by atoms with van der Waals surface area (Å²) < 4.78 is 0. The Balaban J connectivity index is 2.46. The molecule has 0 heterocycles. The third-order valence-corrected chi connectivity index (χ3v) is 2.84. The van der Waals surface area contributed by atoms with E-state index in [1.165, 1.54) is 6.92 Å². The molecule has 1 aliphatic rings. The molecule has 1 aromatic carbocycles. The van der Waals surface area contributed by atoms with E-state index < -0.39 is 0 Å². The molecule has 1 aromatic rings. The van der Waals surface area contributed by atoms with Crippen LogP contribution in [-0.2, 0) is 11.2 Å². The molecular weight excluding hydrogens is 202 g/mol. The summed E-state index contributed by atoms with van der Waals surface area (Å²) in [5, 5.41) is 2.73. The van der Waals surface area contributed by atoms with Gasteiger partial charge in [-0.25, -0.2) is 0 Å². The fraction of sp³-hybridized carbons (Fsp3) is 0.385. The van der Waals surface area contributed by atoms with Gasteiger partial charge in [-0.15, -0.1) is 0 Å². The number of rotatable bonds is 1. The van der Waals surface area contributed by atoms with Crippen LogP contribution in [-0.4, -0.2) is 11.7 Å². The van der Waals surface area contributed by atoms with E-state index in [0.29, 0.717) is 12.1 Å². The monoisotopic (exact) mass is 217 g/mol. The van der Waals surface area contributed by atoms with E-state index >= 15 is 0 Å². The van der Waals surface area contributed by atoms with Gasteiger partial charge in [0.15, 0.2) is 5.78 Å². The van der Waals surface area contributed by atoms with Crippen LogP contribution in [0.15, 0.2) is 18.2 Å². The van der Waals surface area contributed by atoms with Crippen molar-refractivity contribution in [3.05, 3.63) is 29.3 Å². The first-order chi connectivity index (χ1) is 7.68. The number of carbonyl (C=O) groups excluding carboxylic acids is 2. The zero-order valence-corrected chi connectivity index (χ0v) is 9.38. The molecule has 84 valence electrons. The van der Waals surface area contributed by atoms with Crippen molar-refractivity contribution in [3.8, 4) is 0 Å². The van der Waals surface area contributed by atoms with E-state index in [0.717, 1.165) is 30.4 Å². The summed E-state index contributed by atoms with van der Waals surface area (Å²) in [6.07, 6.45) is 3.49. The number of amides is 1. The second kappa shape index (κ2) is 4.47. The van der Waals surface area contributed by atoms with Crippen molar-refractivity contribution in [2.75, 3.05) is 5.32 Å². The van der Waals surface area contributed by atoms with Crippen LogP contribution in [0.1, 0.15) is 42.1 Å². The smallest absolute Gasteiger partial charge is 0.221 e. The predicted octanol–water partition coefficient (Wildman–Crippen LogP) is 2.55. The van der Waals surface area contributed by atoms with Gasteiger partial charge in [0.05, 0.1) is 5.69 Å². The van der Waals surface area contributed by atoms with Crippen LogP contribution >= 0.6 is 0 Å². The molecule has 0 spiro atoms. The molecule has 1 N–H and O–H groups in total. The Morgan fingerprint density at radius 2 is 2.00 bits per heavy atom. The van der Waals surface area contributed by atoms with Gasteiger partial charge in [-0.3, -0.25) is 9.59 Å². The van der Waals surface area contributed by atoms with Gasteiger partial charge in [-0.1, -0.05) is 12.1 Å². The number of ketones is 1. The predicted molar refractivity (Wildman–Crippen MR) is 62.6 cm³/mol. The number of fused-ring (bicyclic) bond motifs is 1. The molecule has 0 atom stereocenters. The van der Waals surface area contributed by atoms with E-state index in [1.54, 1.807) is 6.07 Å². The summed E-state index contributed by atoms with van der Waals surface area (Å²) in [6.45, 7) is 1.46. The van der Waals surface area contributed by atoms with Gasteiger partial charge in [-0.05, 0) is 30.9 Å². The molecule has 0 unspecified atom stereocenters. The molecule has 3 heteroatoms. The Morgan fingerprint density at radius 1 is 1.25 bits per heavy atom. The summed E-state index contributed by atoms with van der Waals surface area (Å²) >= 11 is 0. The summed E-state index contributed by atoms with van der Waals surface area (Å²) in [6, 6.07) is 5.66. The standard InChI is InChI=1S/C13H15NO2/c1-9(15)14-11-7-4-6-10-5-2-3-8-12(16)13(10)11/h4,6-7H,2-3,5,8H2,1H3,(H,14,15). The van der Waals surface area contributed by atoms with Crippen LogP contribution in [0.4, 0.5) is 5.69 Å². The normalized spacial score (nSPS) is 15.2. The van der Waals surface area contributed by atoms with Crippen molar-refractivity contribution in [2.45, 2.75) is 32.6 Å². The molecule has 0 aromatic heterocycles. The van der Waals surface area contributed by atoms with Crippen LogP contribution in [0.5, 0.6) is 0 Å². The van der Waals surface area contributed by atoms with E-state index in [-0.39, 0.29) is 11.7 Å². The summed E-state index contributed by atoms with van der Waals surface area (Å²) in [4.78, 5) is 23.0. The average molecular weight is 217 g/mol. The van der Waals surface area contributed by atoms with Crippen molar-refractivity contribution in [1.29, 1.82) is 0 Å². The highest BCUT2D eigenvalue weighted by atomic mass is 16.1. The molecule has 0 fully saturated rings. The SMILES string of the molecule is CC(=O)Nc1cccc2c1C(=O)CCCC2. The lowest BCUT2D eigenvalue weighted by Crippen LogP contribution is -2.12. The first-order valence-corrected chi connectivity index (χ1v) is 5.61. The van der Waals surface area contributed by atoms with Crippen LogP contribution in [0.3, 0.4) is 0 Å². The number of anilines is 1. The molecule has 1 amide bonds. The molecule has 0 saturated carbocycles.